The highest BCUT2D eigenvalue weighted by Crippen LogP contribution is 2.26. The Hall–Kier alpha value is -1.85. The number of amides is 1. The Morgan fingerprint density at radius 2 is 1.86 bits per heavy atom. The molecule has 1 aromatic carbocycles. The number of carbonyl (C=O) groups is 1. The highest BCUT2D eigenvalue weighted by atomic mass is 19.3. The third-order valence-corrected chi connectivity index (χ3v) is 3.20. The molecule has 0 aliphatic carbocycles. The molecule has 1 aromatic rings. The van der Waals surface area contributed by atoms with Gasteiger partial charge < -0.3 is 15.4 Å². The largest absolute Gasteiger partial charge is 0.433 e. The second-order valence-electron chi connectivity index (χ2n) is 4.76. The van der Waals surface area contributed by atoms with E-state index >= 15 is 0 Å². The highest BCUT2D eigenvalue weighted by molar-refractivity contribution is 5.84. The zero-order chi connectivity index (χ0) is 15.8. The smallest absolute Gasteiger partial charge is 0.387 e. The highest BCUT2D eigenvalue weighted by Gasteiger charge is 2.17. The molecule has 0 aliphatic heterocycles. The lowest BCUT2D eigenvalue weighted by Gasteiger charge is -2.21. The van der Waals surface area contributed by atoms with E-state index in [4.69, 9.17) is 0 Å². The summed E-state index contributed by atoms with van der Waals surface area (Å²) < 4.78 is 29.1. The maximum atomic E-state index is 12.3. The fourth-order valence-corrected chi connectivity index (χ4v) is 1.90. The van der Waals surface area contributed by atoms with Gasteiger partial charge in [-0.1, -0.05) is 26.0 Å². The molecule has 0 saturated heterocycles. The molecule has 21 heavy (non-hydrogen) atoms. The molecular weight excluding hydrogens is 278 g/mol. The summed E-state index contributed by atoms with van der Waals surface area (Å²) in [4.78, 5) is 12.0. The van der Waals surface area contributed by atoms with Gasteiger partial charge >= 0.3 is 6.61 Å². The Morgan fingerprint density at radius 3 is 2.43 bits per heavy atom. The van der Waals surface area contributed by atoms with Crippen molar-refractivity contribution >= 4 is 11.6 Å². The zero-order valence-electron chi connectivity index (χ0n) is 12.5. The normalized spacial score (nSPS) is 12.3. The molecule has 2 N–H and O–H groups in total. The summed E-state index contributed by atoms with van der Waals surface area (Å²) in [5.41, 5.74) is 0.366. The number of nitrogens with one attached hydrogen (secondary N) is 2. The van der Waals surface area contributed by atoms with Crippen LogP contribution in [0.25, 0.3) is 0 Å². The molecule has 1 amide bonds. The number of hydrogen-bond donors (Lipinski definition) is 2. The van der Waals surface area contributed by atoms with Crippen LogP contribution in [0.5, 0.6) is 5.75 Å². The average molecular weight is 300 g/mol. The number of ether oxygens (including phenoxy) is 1. The van der Waals surface area contributed by atoms with Crippen molar-refractivity contribution in [3.8, 4) is 5.75 Å². The molecule has 0 spiro atoms. The molecule has 0 saturated carbocycles. The topological polar surface area (TPSA) is 50.4 Å². The fourth-order valence-electron chi connectivity index (χ4n) is 1.90. The fraction of sp³-hybridized carbons (Fsp3) is 0.533. The predicted molar refractivity (Wildman–Crippen MR) is 78.7 cm³/mol. The Morgan fingerprint density at radius 1 is 1.24 bits per heavy atom. The summed E-state index contributed by atoms with van der Waals surface area (Å²) in [5.74, 6) is -0.148. The molecule has 0 radical (unpaired) electrons. The van der Waals surface area contributed by atoms with Crippen LogP contribution in [0.1, 0.15) is 33.6 Å². The van der Waals surface area contributed by atoms with E-state index in [0.29, 0.717) is 5.69 Å². The summed E-state index contributed by atoms with van der Waals surface area (Å²) >= 11 is 0. The van der Waals surface area contributed by atoms with Crippen molar-refractivity contribution in [2.45, 2.75) is 52.3 Å². The molecule has 1 rings (SSSR count). The van der Waals surface area contributed by atoms with Gasteiger partial charge in [0, 0.05) is 6.04 Å². The van der Waals surface area contributed by atoms with Crippen LogP contribution in [0.15, 0.2) is 24.3 Å². The van der Waals surface area contributed by atoms with E-state index in [1.807, 2.05) is 13.8 Å². The Bertz CT molecular complexity index is 451. The number of alkyl halides is 2. The van der Waals surface area contributed by atoms with Gasteiger partial charge in [0.2, 0.25) is 5.91 Å². The lowest BCUT2D eigenvalue weighted by molar-refractivity contribution is -0.122. The van der Waals surface area contributed by atoms with Crippen molar-refractivity contribution in [1.82, 2.24) is 5.32 Å². The number of carbonyl (C=O) groups excluding carboxylic acids is 1. The van der Waals surface area contributed by atoms with Gasteiger partial charge in [0.25, 0.3) is 0 Å². The van der Waals surface area contributed by atoms with Crippen molar-refractivity contribution in [2.24, 2.45) is 0 Å². The average Bonchev–Trinajstić information content (AvgIpc) is 2.45. The van der Waals surface area contributed by atoms with E-state index in [9.17, 15) is 13.6 Å². The number of rotatable bonds is 8. The minimum absolute atomic E-state index is 0.0229. The van der Waals surface area contributed by atoms with Crippen LogP contribution in [0, 0.1) is 0 Å². The third kappa shape index (κ3) is 5.57. The second-order valence-corrected chi connectivity index (χ2v) is 4.76. The molecule has 118 valence electrons. The van der Waals surface area contributed by atoms with Crippen molar-refractivity contribution in [3.63, 3.8) is 0 Å². The van der Waals surface area contributed by atoms with Crippen LogP contribution >= 0.6 is 0 Å². The first kappa shape index (κ1) is 17.2. The number of anilines is 1. The quantitative estimate of drug-likeness (QED) is 0.773. The minimum Gasteiger partial charge on any atom is -0.433 e. The van der Waals surface area contributed by atoms with Gasteiger partial charge in [0.1, 0.15) is 11.8 Å². The number of benzene rings is 1. The minimum atomic E-state index is -2.90. The number of para-hydroxylation sites is 2. The first-order valence-corrected chi connectivity index (χ1v) is 7.08. The lowest BCUT2D eigenvalue weighted by Crippen LogP contribution is -2.42. The van der Waals surface area contributed by atoms with E-state index < -0.39 is 12.7 Å². The van der Waals surface area contributed by atoms with E-state index in [-0.39, 0.29) is 17.7 Å². The monoisotopic (exact) mass is 300 g/mol. The maximum absolute atomic E-state index is 12.3. The molecule has 4 nitrogen and oxygen atoms in total. The van der Waals surface area contributed by atoms with E-state index in [1.54, 1.807) is 25.1 Å². The summed E-state index contributed by atoms with van der Waals surface area (Å²) in [5, 5.41) is 5.80. The van der Waals surface area contributed by atoms with Gasteiger partial charge in [-0.05, 0) is 31.9 Å². The molecule has 6 heteroatoms. The van der Waals surface area contributed by atoms with Gasteiger partial charge in [0.05, 0.1) is 5.69 Å². The first-order chi connectivity index (χ1) is 9.97. The van der Waals surface area contributed by atoms with Crippen molar-refractivity contribution < 1.29 is 18.3 Å². The molecular formula is C15H22F2N2O2. The molecule has 0 heterocycles. The standard InChI is InChI=1S/C15H22F2N2O2/c1-4-11(5-2)19-14(20)10(3)18-12-8-6-7-9-13(12)21-15(16)17/h6-11,15,18H,4-5H2,1-3H3,(H,19,20). The predicted octanol–water partition coefficient (Wildman–Crippen LogP) is 3.39. The molecule has 0 aliphatic rings. The van der Waals surface area contributed by atoms with Crippen LogP contribution in [0.2, 0.25) is 0 Å². The molecule has 1 unspecified atom stereocenters. The third-order valence-electron chi connectivity index (χ3n) is 3.20. The van der Waals surface area contributed by atoms with Gasteiger partial charge in [-0.2, -0.15) is 8.78 Å². The summed E-state index contributed by atoms with van der Waals surface area (Å²) in [6.07, 6.45) is 1.69. The van der Waals surface area contributed by atoms with Crippen molar-refractivity contribution in [1.29, 1.82) is 0 Å². The van der Waals surface area contributed by atoms with Gasteiger partial charge in [-0.15, -0.1) is 0 Å². The number of halogens is 2. The SMILES string of the molecule is CCC(CC)NC(=O)C(C)Nc1ccccc1OC(F)F. The molecule has 0 bridgehead atoms. The number of hydrogen-bond acceptors (Lipinski definition) is 3. The van der Waals surface area contributed by atoms with Crippen LogP contribution < -0.4 is 15.4 Å². The van der Waals surface area contributed by atoms with Gasteiger partial charge in [0.15, 0.2) is 0 Å². The summed E-state index contributed by atoms with van der Waals surface area (Å²) in [6.45, 7) is 2.77. The van der Waals surface area contributed by atoms with Gasteiger partial charge in [-0.25, -0.2) is 0 Å². The van der Waals surface area contributed by atoms with E-state index in [1.165, 1.54) is 6.07 Å². The van der Waals surface area contributed by atoms with Gasteiger partial charge in [-0.3, -0.25) is 4.79 Å². The van der Waals surface area contributed by atoms with Crippen LogP contribution in [0.3, 0.4) is 0 Å². The zero-order valence-corrected chi connectivity index (χ0v) is 12.5. The molecule has 0 fully saturated rings. The Kier molecular flexibility index (Phi) is 6.91. The van der Waals surface area contributed by atoms with E-state index in [2.05, 4.69) is 15.4 Å². The second kappa shape index (κ2) is 8.44. The Balaban J connectivity index is 2.69. The summed E-state index contributed by atoms with van der Waals surface area (Å²) in [7, 11) is 0. The van der Waals surface area contributed by atoms with E-state index in [0.717, 1.165) is 12.8 Å². The Labute approximate surface area is 123 Å². The van der Waals surface area contributed by atoms with Crippen molar-refractivity contribution in [3.05, 3.63) is 24.3 Å². The van der Waals surface area contributed by atoms with Crippen LogP contribution in [-0.2, 0) is 4.79 Å². The van der Waals surface area contributed by atoms with Crippen molar-refractivity contribution in [2.75, 3.05) is 5.32 Å². The maximum Gasteiger partial charge on any atom is 0.387 e. The van der Waals surface area contributed by atoms with Crippen LogP contribution in [0.4, 0.5) is 14.5 Å². The first-order valence-electron chi connectivity index (χ1n) is 7.08. The molecule has 1 atom stereocenters. The van der Waals surface area contributed by atoms with Crippen LogP contribution in [-0.4, -0.2) is 24.6 Å². The molecule has 0 aromatic heterocycles. The summed E-state index contributed by atoms with van der Waals surface area (Å²) in [6, 6.07) is 5.88. The lowest BCUT2D eigenvalue weighted by atomic mass is 10.1.